The minimum absolute atomic E-state index is 0.509. The molecule has 5 nitrogen and oxygen atoms in total. The molecule has 0 aliphatic rings. The zero-order valence-corrected chi connectivity index (χ0v) is 16.8. The number of nitrogens with zero attached hydrogens (tertiary/aromatic N) is 3. The minimum Gasteiger partial charge on any atom is -0.496 e. The third kappa shape index (κ3) is 3.63. The molecule has 3 rings (SSSR count). The molecular formula is C18H17Cl2N3O2S. The van der Waals surface area contributed by atoms with Crippen molar-refractivity contribution in [3.63, 3.8) is 0 Å². The fraction of sp³-hybridized carbons (Fsp3) is 0.222. The Hall–Kier alpha value is -1.89. The van der Waals surface area contributed by atoms with Gasteiger partial charge >= 0.3 is 0 Å². The first kappa shape index (κ1) is 18.9. The SMILES string of the molecule is CCSc1nnc(-c2cc(Cl)ccc2OC)n1-c1ccc(OC)c(Cl)c1. The Morgan fingerprint density at radius 3 is 2.38 bits per heavy atom. The molecule has 0 atom stereocenters. The maximum atomic E-state index is 6.33. The normalized spacial score (nSPS) is 10.8. The monoisotopic (exact) mass is 409 g/mol. The lowest BCUT2D eigenvalue weighted by molar-refractivity contribution is 0.415. The Morgan fingerprint density at radius 1 is 1.00 bits per heavy atom. The molecule has 0 aliphatic heterocycles. The van der Waals surface area contributed by atoms with E-state index in [2.05, 4.69) is 17.1 Å². The summed E-state index contributed by atoms with van der Waals surface area (Å²) in [6.45, 7) is 2.06. The number of aromatic nitrogens is 3. The van der Waals surface area contributed by atoms with E-state index >= 15 is 0 Å². The number of hydrogen-bond donors (Lipinski definition) is 0. The molecule has 0 unspecified atom stereocenters. The molecule has 0 saturated carbocycles. The molecule has 3 aromatic rings. The fourth-order valence-electron chi connectivity index (χ4n) is 2.55. The summed E-state index contributed by atoms with van der Waals surface area (Å²) in [4.78, 5) is 0. The number of benzene rings is 2. The van der Waals surface area contributed by atoms with Crippen LogP contribution in [0.5, 0.6) is 11.5 Å². The van der Waals surface area contributed by atoms with Crippen LogP contribution in [0, 0.1) is 0 Å². The van der Waals surface area contributed by atoms with Gasteiger partial charge in [-0.05, 0) is 42.2 Å². The summed E-state index contributed by atoms with van der Waals surface area (Å²) in [5.74, 6) is 2.75. The summed E-state index contributed by atoms with van der Waals surface area (Å²) in [6, 6.07) is 10.9. The van der Waals surface area contributed by atoms with Gasteiger partial charge < -0.3 is 9.47 Å². The van der Waals surface area contributed by atoms with Gasteiger partial charge in [0.15, 0.2) is 11.0 Å². The highest BCUT2D eigenvalue weighted by atomic mass is 35.5. The van der Waals surface area contributed by atoms with Crippen LogP contribution in [0.1, 0.15) is 6.92 Å². The highest BCUT2D eigenvalue weighted by molar-refractivity contribution is 7.99. The minimum atomic E-state index is 0.509. The Bertz CT molecular complexity index is 931. The first-order chi connectivity index (χ1) is 12.6. The van der Waals surface area contributed by atoms with E-state index in [1.165, 1.54) is 0 Å². The molecule has 26 heavy (non-hydrogen) atoms. The maximum Gasteiger partial charge on any atom is 0.196 e. The second-order valence-corrected chi connectivity index (χ2v) is 7.31. The summed E-state index contributed by atoms with van der Waals surface area (Å²) in [6.07, 6.45) is 0. The number of hydrogen-bond acceptors (Lipinski definition) is 5. The Balaban J connectivity index is 2.23. The van der Waals surface area contributed by atoms with E-state index in [1.54, 1.807) is 32.0 Å². The molecule has 136 valence electrons. The van der Waals surface area contributed by atoms with Crippen LogP contribution in [0.2, 0.25) is 10.0 Å². The molecule has 0 spiro atoms. The van der Waals surface area contributed by atoms with Crippen molar-refractivity contribution in [1.29, 1.82) is 0 Å². The summed E-state index contributed by atoms with van der Waals surface area (Å²) in [5.41, 5.74) is 1.58. The second kappa shape index (κ2) is 8.20. The number of thioether (sulfide) groups is 1. The van der Waals surface area contributed by atoms with Gasteiger partial charge in [-0.15, -0.1) is 10.2 Å². The van der Waals surface area contributed by atoms with Crippen LogP contribution in [0.3, 0.4) is 0 Å². The standard InChI is InChI=1S/C18H17Cl2N3O2S/c1-4-26-18-22-21-17(13-9-11(19)5-7-15(13)24-2)23(18)12-6-8-16(25-3)14(20)10-12/h5-10H,4H2,1-3H3. The van der Waals surface area contributed by atoms with Gasteiger partial charge in [0.1, 0.15) is 11.5 Å². The van der Waals surface area contributed by atoms with Crippen molar-refractivity contribution in [3.8, 4) is 28.6 Å². The Kier molecular flexibility index (Phi) is 5.96. The van der Waals surface area contributed by atoms with Gasteiger partial charge in [0.2, 0.25) is 0 Å². The molecule has 0 bridgehead atoms. The van der Waals surface area contributed by atoms with Crippen LogP contribution in [-0.2, 0) is 0 Å². The predicted octanol–water partition coefficient (Wildman–Crippen LogP) is 5.37. The van der Waals surface area contributed by atoms with E-state index in [1.807, 2.05) is 34.9 Å². The average molecular weight is 410 g/mol. The summed E-state index contributed by atoms with van der Waals surface area (Å²) in [5, 5.41) is 10.6. The molecule has 0 amide bonds. The highest BCUT2D eigenvalue weighted by Crippen LogP contribution is 2.36. The first-order valence-electron chi connectivity index (χ1n) is 7.85. The third-order valence-electron chi connectivity index (χ3n) is 3.70. The second-order valence-electron chi connectivity index (χ2n) is 5.24. The number of halogens is 2. The molecule has 0 saturated heterocycles. The molecule has 0 aliphatic carbocycles. The van der Waals surface area contributed by atoms with Crippen LogP contribution in [0.4, 0.5) is 0 Å². The van der Waals surface area contributed by atoms with Crippen LogP contribution in [-0.4, -0.2) is 34.7 Å². The van der Waals surface area contributed by atoms with E-state index in [0.717, 1.165) is 22.2 Å². The third-order valence-corrected chi connectivity index (χ3v) is 5.04. The van der Waals surface area contributed by atoms with Crippen LogP contribution < -0.4 is 9.47 Å². The molecule has 0 radical (unpaired) electrons. The summed E-state index contributed by atoms with van der Waals surface area (Å²) >= 11 is 14.1. The van der Waals surface area contributed by atoms with Gasteiger partial charge in [0.25, 0.3) is 0 Å². The zero-order chi connectivity index (χ0) is 18.7. The molecule has 0 N–H and O–H groups in total. The largest absolute Gasteiger partial charge is 0.496 e. The van der Waals surface area contributed by atoms with Gasteiger partial charge in [-0.1, -0.05) is 41.9 Å². The predicted molar refractivity (Wildman–Crippen MR) is 106 cm³/mol. The van der Waals surface area contributed by atoms with E-state index in [9.17, 15) is 0 Å². The number of rotatable bonds is 6. The zero-order valence-electron chi connectivity index (χ0n) is 14.5. The lowest BCUT2D eigenvalue weighted by Crippen LogP contribution is -2.01. The van der Waals surface area contributed by atoms with Crippen LogP contribution in [0.25, 0.3) is 17.1 Å². The highest BCUT2D eigenvalue weighted by Gasteiger charge is 2.20. The molecule has 8 heteroatoms. The molecule has 0 fully saturated rings. The van der Waals surface area contributed by atoms with Crippen molar-refractivity contribution in [2.75, 3.05) is 20.0 Å². The number of ether oxygens (including phenoxy) is 2. The van der Waals surface area contributed by atoms with Crippen molar-refractivity contribution in [3.05, 3.63) is 46.4 Å². The Labute approximate surface area is 166 Å². The van der Waals surface area contributed by atoms with Crippen molar-refractivity contribution in [1.82, 2.24) is 14.8 Å². The van der Waals surface area contributed by atoms with E-state index in [4.69, 9.17) is 32.7 Å². The van der Waals surface area contributed by atoms with Crippen molar-refractivity contribution >= 4 is 35.0 Å². The van der Waals surface area contributed by atoms with Gasteiger partial charge in [-0.2, -0.15) is 0 Å². The quantitative estimate of drug-likeness (QED) is 0.512. The van der Waals surface area contributed by atoms with Gasteiger partial charge in [-0.25, -0.2) is 0 Å². The summed E-state index contributed by atoms with van der Waals surface area (Å²) in [7, 11) is 3.19. The van der Waals surface area contributed by atoms with Crippen LogP contribution >= 0.6 is 35.0 Å². The van der Waals surface area contributed by atoms with E-state index in [-0.39, 0.29) is 0 Å². The van der Waals surface area contributed by atoms with Crippen molar-refractivity contribution < 1.29 is 9.47 Å². The van der Waals surface area contributed by atoms with Crippen molar-refractivity contribution in [2.24, 2.45) is 0 Å². The van der Waals surface area contributed by atoms with Crippen LogP contribution in [0.15, 0.2) is 41.6 Å². The lowest BCUT2D eigenvalue weighted by atomic mass is 10.2. The lowest BCUT2D eigenvalue weighted by Gasteiger charge is -2.13. The van der Waals surface area contributed by atoms with Crippen molar-refractivity contribution in [2.45, 2.75) is 12.1 Å². The topological polar surface area (TPSA) is 49.2 Å². The first-order valence-corrected chi connectivity index (χ1v) is 9.59. The maximum absolute atomic E-state index is 6.33. The Morgan fingerprint density at radius 2 is 1.73 bits per heavy atom. The van der Waals surface area contributed by atoms with E-state index in [0.29, 0.717) is 27.4 Å². The molecule has 1 aromatic heterocycles. The van der Waals surface area contributed by atoms with Gasteiger partial charge in [0, 0.05) is 5.02 Å². The number of methoxy groups -OCH3 is 2. The molecule has 1 heterocycles. The fourth-order valence-corrected chi connectivity index (χ4v) is 3.65. The van der Waals surface area contributed by atoms with E-state index < -0.39 is 0 Å². The molecular weight excluding hydrogens is 393 g/mol. The molecule has 2 aromatic carbocycles. The van der Waals surface area contributed by atoms with Gasteiger partial charge in [-0.3, -0.25) is 4.57 Å². The average Bonchev–Trinajstić information content (AvgIpc) is 3.05. The smallest absolute Gasteiger partial charge is 0.196 e. The van der Waals surface area contributed by atoms with Gasteiger partial charge in [0.05, 0.1) is 30.5 Å². The summed E-state index contributed by atoms with van der Waals surface area (Å²) < 4.78 is 12.7.